The molecule has 0 aromatic heterocycles. The van der Waals surface area contributed by atoms with Gasteiger partial charge in [-0.2, -0.15) is 0 Å². The molecular weight excluding hydrogens is 136 g/mol. The number of aliphatic hydroxyl groups is 1. The average molecular weight is 150 g/mol. The molecule has 11 heavy (non-hydrogen) atoms. The van der Waals surface area contributed by atoms with E-state index < -0.39 is 0 Å². The second kappa shape index (κ2) is 1.89. The van der Waals surface area contributed by atoms with Crippen molar-refractivity contribution in [2.75, 3.05) is 0 Å². The largest absolute Gasteiger partial charge is 0.393 e. The molecule has 3 aliphatic carbocycles. The Morgan fingerprint density at radius 1 is 1.18 bits per heavy atom. The monoisotopic (exact) mass is 150 g/mol. The summed E-state index contributed by atoms with van der Waals surface area (Å²) in [5.41, 5.74) is 0. The third kappa shape index (κ3) is 0.652. The van der Waals surface area contributed by atoms with Crippen LogP contribution in [-0.2, 0) is 0 Å². The molecule has 3 aliphatic rings. The summed E-state index contributed by atoms with van der Waals surface area (Å²) < 4.78 is 0. The lowest BCUT2D eigenvalue weighted by atomic mass is 9.80. The number of hydrogen-bond donors (Lipinski definition) is 1. The zero-order valence-corrected chi connectivity index (χ0v) is 6.61. The van der Waals surface area contributed by atoms with Crippen LogP contribution in [0.3, 0.4) is 0 Å². The normalized spacial score (nSPS) is 58.8. The van der Waals surface area contributed by atoms with E-state index in [-0.39, 0.29) is 6.10 Å². The molecule has 2 fully saturated rings. The molecule has 2 bridgehead atoms. The molecule has 0 aromatic carbocycles. The first-order valence-electron chi connectivity index (χ1n) is 4.71. The second-order valence-corrected chi connectivity index (χ2v) is 4.37. The summed E-state index contributed by atoms with van der Waals surface area (Å²) in [6.45, 7) is 0. The van der Waals surface area contributed by atoms with Crippen LogP contribution in [0.25, 0.3) is 0 Å². The van der Waals surface area contributed by atoms with E-state index in [0.717, 1.165) is 24.2 Å². The van der Waals surface area contributed by atoms with Crippen LogP contribution in [0.15, 0.2) is 12.2 Å². The highest BCUT2D eigenvalue weighted by molar-refractivity contribution is 5.14. The molecule has 0 radical (unpaired) electrons. The Kier molecular flexibility index (Phi) is 1.07. The second-order valence-electron chi connectivity index (χ2n) is 4.37. The highest BCUT2D eigenvalue weighted by atomic mass is 16.3. The first-order chi connectivity index (χ1) is 5.36. The Morgan fingerprint density at radius 2 is 2.09 bits per heavy atom. The number of rotatable bonds is 0. The third-order valence-electron chi connectivity index (χ3n) is 3.97. The van der Waals surface area contributed by atoms with Crippen molar-refractivity contribution in [1.29, 1.82) is 0 Å². The minimum Gasteiger partial charge on any atom is -0.393 e. The summed E-state index contributed by atoms with van der Waals surface area (Å²) in [7, 11) is 0. The van der Waals surface area contributed by atoms with Gasteiger partial charge in [-0.05, 0) is 42.9 Å². The predicted molar refractivity (Wildman–Crippen MR) is 43.0 cm³/mol. The molecule has 2 saturated carbocycles. The van der Waals surface area contributed by atoms with Crippen LogP contribution in [-0.4, -0.2) is 11.2 Å². The maximum atomic E-state index is 9.63. The Morgan fingerprint density at radius 3 is 3.00 bits per heavy atom. The van der Waals surface area contributed by atoms with E-state index in [2.05, 4.69) is 12.2 Å². The number of aliphatic hydroxyl groups excluding tert-OH is 1. The molecule has 1 N–H and O–H groups in total. The maximum absolute atomic E-state index is 9.63. The quantitative estimate of drug-likeness (QED) is 0.520. The molecule has 5 atom stereocenters. The standard InChI is InChI=1S/C10H14O/c11-10-5-6-4-9(10)8-3-1-2-7(6)8/h1,3,6-11H,2,4-5H2/t6?,7-,8-,9?,10-/m0/s1. The van der Waals surface area contributed by atoms with Gasteiger partial charge in [-0.1, -0.05) is 12.2 Å². The van der Waals surface area contributed by atoms with E-state index in [1.165, 1.54) is 12.8 Å². The van der Waals surface area contributed by atoms with Crippen molar-refractivity contribution >= 4 is 0 Å². The Balaban J connectivity index is 1.94. The predicted octanol–water partition coefficient (Wildman–Crippen LogP) is 1.58. The van der Waals surface area contributed by atoms with Crippen LogP contribution in [0, 0.1) is 23.7 Å². The highest BCUT2D eigenvalue weighted by Crippen LogP contribution is 2.56. The van der Waals surface area contributed by atoms with Gasteiger partial charge in [-0.3, -0.25) is 0 Å². The summed E-state index contributed by atoms with van der Waals surface area (Å²) in [6.07, 6.45) is 8.38. The molecule has 1 heteroatoms. The van der Waals surface area contributed by atoms with Gasteiger partial charge >= 0.3 is 0 Å². The van der Waals surface area contributed by atoms with Gasteiger partial charge in [0.15, 0.2) is 0 Å². The SMILES string of the molecule is O[C@H]1CC2CC1[C@H]1C=CC[C@@H]21. The fraction of sp³-hybridized carbons (Fsp3) is 0.800. The molecular formula is C10H14O. The van der Waals surface area contributed by atoms with E-state index in [9.17, 15) is 5.11 Å². The maximum Gasteiger partial charge on any atom is 0.0577 e. The van der Waals surface area contributed by atoms with Gasteiger partial charge in [0, 0.05) is 0 Å². The van der Waals surface area contributed by atoms with Crippen molar-refractivity contribution in [2.45, 2.75) is 25.4 Å². The van der Waals surface area contributed by atoms with Crippen LogP contribution in [0.5, 0.6) is 0 Å². The molecule has 0 spiro atoms. The molecule has 3 rings (SSSR count). The Labute approximate surface area is 67.1 Å². The fourth-order valence-corrected chi connectivity index (χ4v) is 3.51. The molecule has 2 unspecified atom stereocenters. The zero-order valence-electron chi connectivity index (χ0n) is 6.61. The highest BCUT2D eigenvalue weighted by Gasteiger charge is 2.51. The summed E-state index contributed by atoms with van der Waals surface area (Å²) in [6, 6.07) is 0. The summed E-state index contributed by atoms with van der Waals surface area (Å²) in [5.74, 6) is 3.16. The Hall–Kier alpha value is -0.300. The van der Waals surface area contributed by atoms with Crippen molar-refractivity contribution in [3.63, 3.8) is 0 Å². The van der Waals surface area contributed by atoms with Gasteiger partial charge in [0.2, 0.25) is 0 Å². The van der Waals surface area contributed by atoms with E-state index in [1.807, 2.05) is 0 Å². The van der Waals surface area contributed by atoms with Gasteiger partial charge in [-0.15, -0.1) is 0 Å². The molecule has 0 aromatic rings. The molecule has 0 saturated heterocycles. The molecule has 0 aliphatic heterocycles. The van der Waals surface area contributed by atoms with Gasteiger partial charge in [-0.25, -0.2) is 0 Å². The summed E-state index contributed by atoms with van der Waals surface area (Å²) in [4.78, 5) is 0. The van der Waals surface area contributed by atoms with Gasteiger partial charge in [0.1, 0.15) is 0 Å². The zero-order chi connectivity index (χ0) is 7.42. The van der Waals surface area contributed by atoms with Gasteiger partial charge in [0.25, 0.3) is 0 Å². The fourth-order valence-electron chi connectivity index (χ4n) is 3.51. The van der Waals surface area contributed by atoms with Crippen LogP contribution in [0.1, 0.15) is 19.3 Å². The number of hydrogen-bond acceptors (Lipinski definition) is 1. The van der Waals surface area contributed by atoms with E-state index in [0.29, 0.717) is 5.92 Å². The number of fused-ring (bicyclic) bond motifs is 5. The first-order valence-corrected chi connectivity index (χ1v) is 4.71. The van der Waals surface area contributed by atoms with E-state index in [1.54, 1.807) is 0 Å². The van der Waals surface area contributed by atoms with Crippen molar-refractivity contribution in [3.8, 4) is 0 Å². The van der Waals surface area contributed by atoms with Gasteiger partial charge < -0.3 is 5.11 Å². The third-order valence-corrected chi connectivity index (χ3v) is 3.97. The van der Waals surface area contributed by atoms with Crippen molar-refractivity contribution in [3.05, 3.63) is 12.2 Å². The smallest absolute Gasteiger partial charge is 0.0577 e. The lowest BCUT2D eigenvalue weighted by Gasteiger charge is -2.27. The summed E-state index contributed by atoms with van der Waals surface area (Å²) in [5, 5.41) is 9.63. The van der Waals surface area contributed by atoms with Gasteiger partial charge in [0.05, 0.1) is 6.10 Å². The van der Waals surface area contributed by atoms with Crippen molar-refractivity contribution in [1.82, 2.24) is 0 Å². The molecule has 0 heterocycles. The van der Waals surface area contributed by atoms with Crippen molar-refractivity contribution < 1.29 is 5.11 Å². The lowest BCUT2D eigenvalue weighted by Crippen LogP contribution is -2.27. The minimum absolute atomic E-state index is 0.0315. The lowest BCUT2D eigenvalue weighted by molar-refractivity contribution is 0.0746. The average Bonchev–Trinajstić information content (AvgIpc) is 2.52. The summed E-state index contributed by atoms with van der Waals surface area (Å²) >= 11 is 0. The van der Waals surface area contributed by atoms with Crippen LogP contribution >= 0.6 is 0 Å². The minimum atomic E-state index is 0.0315. The first kappa shape index (κ1) is 6.24. The van der Waals surface area contributed by atoms with Crippen LogP contribution in [0.2, 0.25) is 0 Å². The van der Waals surface area contributed by atoms with E-state index >= 15 is 0 Å². The van der Waals surface area contributed by atoms with Crippen LogP contribution in [0.4, 0.5) is 0 Å². The molecule has 0 amide bonds. The van der Waals surface area contributed by atoms with E-state index in [4.69, 9.17) is 0 Å². The number of allylic oxidation sites excluding steroid dienone is 2. The molecule has 1 nitrogen and oxygen atoms in total. The Bertz CT molecular complexity index is 209. The van der Waals surface area contributed by atoms with Crippen LogP contribution < -0.4 is 0 Å². The molecule has 60 valence electrons. The van der Waals surface area contributed by atoms with Crippen molar-refractivity contribution in [2.24, 2.45) is 23.7 Å². The topological polar surface area (TPSA) is 20.2 Å².